The Bertz CT molecular complexity index is 1620. The van der Waals surface area contributed by atoms with Gasteiger partial charge in [0.25, 0.3) is 10.0 Å². The van der Waals surface area contributed by atoms with Crippen molar-refractivity contribution in [3.63, 3.8) is 0 Å². The van der Waals surface area contributed by atoms with Gasteiger partial charge in [-0.3, -0.25) is 13.9 Å². The van der Waals surface area contributed by atoms with Crippen LogP contribution >= 0.6 is 23.2 Å². The van der Waals surface area contributed by atoms with Crippen molar-refractivity contribution < 1.29 is 27.9 Å². The highest BCUT2D eigenvalue weighted by Gasteiger charge is 2.29. The van der Waals surface area contributed by atoms with Gasteiger partial charge in [-0.05, 0) is 53.8 Å². The third-order valence-corrected chi connectivity index (χ3v) is 8.12. The molecule has 0 radical (unpaired) electrons. The molecule has 0 aliphatic rings. The number of anilines is 1. The number of carbonyl (C=O) groups is 2. The molecule has 0 bridgehead atoms. The maximum Gasteiger partial charge on any atom is 0.324 e. The molecule has 0 amide bonds. The molecule has 0 fully saturated rings. The van der Waals surface area contributed by atoms with Crippen LogP contribution < -0.4 is 9.04 Å². The van der Waals surface area contributed by atoms with Gasteiger partial charge in [0.15, 0.2) is 5.78 Å². The van der Waals surface area contributed by atoms with Crippen LogP contribution in [-0.4, -0.2) is 38.9 Å². The molecular formula is C28H23Cl2NO6S. The van der Waals surface area contributed by atoms with E-state index in [0.29, 0.717) is 28.5 Å². The van der Waals surface area contributed by atoms with Gasteiger partial charge in [0, 0.05) is 27.4 Å². The molecule has 1 N–H and O–H groups in total. The zero-order valence-corrected chi connectivity index (χ0v) is 22.6. The van der Waals surface area contributed by atoms with E-state index in [1.165, 1.54) is 24.3 Å². The molecule has 4 aromatic carbocycles. The molecule has 0 aromatic heterocycles. The predicted molar refractivity (Wildman–Crippen MR) is 148 cm³/mol. The molecule has 4 rings (SSSR count). The average molecular weight is 572 g/mol. The third kappa shape index (κ3) is 5.93. The minimum Gasteiger partial charge on any atom is -0.497 e. The van der Waals surface area contributed by atoms with Crippen molar-refractivity contribution in [2.45, 2.75) is 17.7 Å². The van der Waals surface area contributed by atoms with Gasteiger partial charge in [-0.1, -0.05) is 65.7 Å². The van der Waals surface area contributed by atoms with Crippen LogP contribution in [0.4, 0.5) is 5.69 Å². The minimum atomic E-state index is -4.38. The number of halogens is 2. The Balaban J connectivity index is 1.75. The maximum absolute atomic E-state index is 13.6. The molecule has 0 aliphatic heterocycles. The molecule has 0 atom stereocenters. The van der Waals surface area contributed by atoms with Gasteiger partial charge in [-0.15, -0.1) is 0 Å². The monoisotopic (exact) mass is 571 g/mol. The van der Waals surface area contributed by atoms with Crippen LogP contribution in [0.5, 0.6) is 5.75 Å². The van der Waals surface area contributed by atoms with Gasteiger partial charge in [-0.2, -0.15) is 0 Å². The largest absolute Gasteiger partial charge is 0.497 e. The molecule has 7 nitrogen and oxygen atoms in total. The fourth-order valence-electron chi connectivity index (χ4n) is 4.20. The van der Waals surface area contributed by atoms with Gasteiger partial charge in [0.05, 0.1) is 17.7 Å². The Hall–Kier alpha value is -3.59. The normalized spacial score (nSPS) is 11.3. The smallest absolute Gasteiger partial charge is 0.324 e. The number of aliphatic carboxylic acids is 1. The lowest BCUT2D eigenvalue weighted by Crippen LogP contribution is -2.36. The second-order valence-corrected chi connectivity index (χ2v) is 11.2. The van der Waals surface area contributed by atoms with Crippen molar-refractivity contribution in [2.24, 2.45) is 0 Å². The first kappa shape index (κ1) is 27.4. The molecule has 0 aliphatic carbocycles. The van der Waals surface area contributed by atoms with Gasteiger partial charge < -0.3 is 9.84 Å². The highest BCUT2D eigenvalue weighted by atomic mass is 35.5. The topological polar surface area (TPSA) is 101 Å². The number of nitrogens with zero attached hydrogens (tertiary/aromatic N) is 1. The van der Waals surface area contributed by atoms with E-state index in [1.54, 1.807) is 37.4 Å². The van der Waals surface area contributed by atoms with Crippen LogP contribution in [0.15, 0.2) is 83.8 Å². The van der Waals surface area contributed by atoms with E-state index in [0.717, 1.165) is 9.87 Å². The van der Waals surface area contributed by atoms with Gasteiger partial charge >= 0.3 is 5.97 Å². The van der Waals surface area contributed by atoms with Crippen LogP contribution in [0.1, 0.15) is 22.3 Å². The lowest BCUT2D eigenvalue weighted by atomic mass is 9.96. The van der Waals surface area contributed by atoms with E-state index in [1.807, 2.05) is 24.3 Å². The number of ether oxygens (including phenoxy) is 1. The number of ketones is 1. The zero-order chi connectivity index (χ0) is 27.4. The van der Waals surface area contributed by atoms with Crippen LogP contribution in [0, 0.1) is 0 Å². The minimum absolute atomic E-state index is 0.0909. The standard InChI is InChI=1S/C28H23Cl2NO6S/c1-37-21-6-2-5-18(13-21)11-12-27(32)25-9-3-8-24-23(25)7-4-10-26(24)31(17-28(33)34)38(35,36)22-15-19(29)14-20(30)16-22/h2-10,13-16H,11-12,17H2,1H3,(H,33,34). The molecule has 0 saturated heterocycles. The van der Waals surface area contributed by atoms with E-state index in [4.69, 9.17) is 27.9 Å². The number of hydrogen-bond donors (Lipinski definition) is 1. The Kier molecular flexibility index (Phi) is 8.26. The lowest BCUT2D eigenvalue weighted by Gasteiger charge is -2.25. The van der Waals surface area contributed by atoms with Crippen LogP contribution in [0.3, 0.4) is 0 Å². The number of hydrogen-bond acceptors (Lipinski definition) is 5. The number of fused-ring (bicyclic) bond motifs is 1. The summed E-state index contributed by atoms with van der Waals surface area (Å²) < 4.78 is 33.3. The number of rotatable bonds is 10. The molecule has 4 aromatic rings. The predicted octanol–water partition coefficient (Wildman–Crippen LogP) is 6.25. The molecule has 0 spiro atoms. The summed E-state index contributed by atoms with van der Waals surface area (Å²) in [6.45, 7) is -0.848. The molecule has 0 unspecified atom stereocenters. The summed E-state index contributed by atoms with van der Waals surface area (Å²) in [6.07, 6.45) is 0.704. The maximum atomic E-state index is 13.6. The summed E-state index contributed by atoms with van der Waals surface area (Å²) >= 11 is 12.1. The fourth-order valence-corrected chi connectivity index (χ4v) is 6.36. The van der Waals surface area contributed by atoms with E-state index < -0.39 is 22.5 Å². The molecule has 10 heteroatoms. The lowest BCUT2D eigenvalue weighted by molar-refractivity contribution is -0.135. The number of aryl methyl sites for hydroxylation is 1. The number of Topliss-reactive ketones (excluding diaryl/α,β-unsaturated/α-hetero) is 1. The van der Waals surface area contributed by atoms with Crippen LogP contribution in [-0.2, 0) is 21.2 Å². The molecule has 0 saturated carbocycles. The SMILES string of the molecule is COc1cccc(CCC(=O)c2cccc3c(N(CC(=O)O)S(=O)(=O)c4cc(Cl)cc(Cl)c4)cccc23)c1. The summed E-state index contributed by atoms with van der Waals surface area (Å²) in [4.78, 5) is 24.8. The zero-order valence-electron chi connectivity index (χ0n) is 20.2. The first-order valence-electron chi connectivity index (χ1n) is 11.5. The van der Waals surface area contributed by atoms with E-state index in [-0.39, 0.29) is 32.8 Å². The van der Waals surface area contributed by atoms with Crippen molar-refractivity contribution in [1.29, 1.82) is 0 Å². The summed E-state index contributed by atoms with van der Waals surface area (Å²) in [6, 6.07) is 21.0. The van der Waals surface area contributed by atoms with Gasteiger partial charge in [0.2, 0.25) is 0 Å². The Morgan fingerprint density at radius 1 is 0.895 bits per heavy atom. The van der Waals surface area contributed by atoms with Crippen molar-refractivity contribution in [1.82, 2.24) is 0 Å². The first-order chi connectivity index (χ1) is 18.1. The van der Waals surface area contributed by atoms with Crippen molar-refractivity contribution in [2.75, 3.05) is 18.0 Å². The number of carboxylic acid groups (broad SMARTS) is 1. The number of sulfonamides is 1. The summed E-state index contributed by atoms with van der Waals surface area (Å²) in [5, 5.41) is 10.7. The molecule has 38 heavy (non-hydrogen) atoms. The highest BCUT2D eigenvalue weighted by molar-refractivity contribution is 7.92. The van der Waals surface area contributed by atoms with E-state index in [2.05, 4.69) is 0 Å². The number of benzene rings is 4. The summed E-state index contributed by atoms with van der Waals surface area (Å²) in [7, 11) is -2.81. The Morgan fingerprint density at radius 2 is 1.55 bits per heavy atom. The molecular weight excluding hydrogens is 549 g/mol. The third-order valence-electron chi connectivity index (χ3n) is 5.95. The first-order valence-corrected chi connectivity index (χ1v) is 13.7. The Labute approximate surface area is 230 Å². The van der Waals surface area contributed by atoms with Crippen molar-refractivity contribution in [3.8, 4) is 5.75 Å². The second kappa shape index (κ2) is 11.4. The molecule has 0 heterocycles. The Morgan fingerprint density at radius 3 is 2.24 bits per heavy atom. The number of carbonyl (C=O) groups excluding carboxylic acids is 1. The second-order valence-electron chi connectivity index (χ2n) is 8.46. The van der Waals surface area contributed by atoms with E-state index >= 15 is 0 Å². The summed E-state index contributed by atoms with van der Waals surface area (Å²) in [5.41, 5.74) is 1.46. The average Bonchev–Trinajstić information content (AvgIpc) is 2.89. The van der Waals surface area contributed by atoms with Gasteiger partial charge in [-0.25, -0.2) is 8.42 Å². The number of methoxy groups -OCH3 is 1. The van der Waals surface area contributed by atoms with Crippen molar-refractivity contribution in [3.05, 3.63) is 100 Å². The van der Waals surface area contributed by atoms with Crippen molar-refractivity contribution >= 4 is 61.4 Å². The molecule has 196 valence electrons. The fraction of sp³-hybridized carbons (Fsp3) is 0.143. The van der Waals surface area contributed by atoms with E-state index in [9.17, 15) is 23.1 Å². The van der Waals surface area contributed by atoms with Crippen LogP contribution in [0.25, 0.3) is 10.8 Å². The number of carboxylic acids is 1. The quantitative estimate of drug-likeness (QED) is 0.226. The summed E-state index contributed by atoms with van der Waals surface area (Å²) in [5.74, 6) is -0.792. The van der Waals surface area contributed by atoms with Crippen LogP contribution in [0.2, 0.25) is 10.0 Å². The van der Waals surface area contributed by atoms with Gasteiger partial charge in [0.1, 0.15) is 12.3 Å². The highest BCUT2D eigenvalue weighted by Crippen LogP contribution is 2.34.